The first-order valence-corrected chi connectivity index (χ1v) is 17.2. The molecule has 0 amide bonds. The average molecular weight is 559 g/mol. The molecule has 0 saturated carbocycles. The third-order valence-electron chi connectivity index (χ3n) is 8.97. The van der Waals surface area contributed by atoms with Crippen LogP contribution in [0.3, 0.4) is 0 Å². The van der Waals surface area contributed by atoms with Gasteiger partial charge in [0, 0.05) is 12.0 Å². The van der Waals surface area contributed by atoms with Crippen molar-refractivity contribution in [1.82, 2.24) is 0 Å². The quantitative estimate of drug-likeness (QED) is 0.0958. The van der Waals surface area contributed by atoms with Crippen molar-refractivity contribution >= 4 is 5.97 Å². The summed E-state index contributed by atoms with van der Waals surface area (Å²) >= 11 is 0. The monoisotopic (exact) mass is 559 g/mol. The first-order chi connectivity index (χ1) is 19.2. The van der Waals surface area contributed by atoms with Crippen LogP contribution in [0.25, 0.3) is 0 Å². The Morgan fingerprint density at radius 3 is 1.65 bits per heavy atom. The molecule has 232 valence electrons. The molecule has 0 fully saturated rings. The fourth-order valence-corrected chi connectivity index (χ4v) is 5.84. The van der Waals surface area contributed by atoms with Gasteiger partial charge in [-0.25, -0.2) is 0 Å². The van der Waals surface area contributed by atoms with Crippen molar-refractivity contribution in [1.29, 1.82) is 0 Å². The Bertz CT molecular complexity index is 795. The smallest absolute Gasteiger partial charge is 0.306 e. The van der Waals surface area contributed by atoms with Gasteiger partial charge in [0.15, 0.2) is 0 Å². The second kappa shape index (κ2) is 22.1. The van der Waals surface area contributed by atoms with Crippen LogP contribution < -0.4 is 0 Å². The molecule has 1 N–H and O–H groups in total. The number of hydrogen-bond acceptors (Lipinski definition) is 3. The lowest BCUT2D eigenvalue weighted by molar-refractivity contribution is -0.143. The summed E-state index contributed by atoms with van der Waals surface area (Å²) in [4.78, 5) is 12.4. The molecule has 0 aliphatic carbocycles. The standard InChI is InChI=1S/C37H66O3/c1-7-9-11-12-13-14-15-16-17-18-19-20-21-22-23-25-29-40-35(38)27-26-33-30-34(36(39)32(4)31(33)3)37(5,6)28-24-10-8-2/h30,39H,7-29H2,1-6H3. The molecule has 0 atom stereocenters. The maximum absolute atomic E-state index is 12.4. The predicted molar refractivity (Wildman–Crippen MR) is 174 cm³/mol. The van der Waals surface area contributed by atoms with Gasteiger partial charge in [-0.2, -0.15) is 0 Å². The summed E-state index contributed by atoms with van der Waals surface area (Å²) in [5.41, 5.74) is 4.13. The largest absolute Gasteiger partial charge is 0.507 e. The molecule has 0 bridgehead atoms. The van der Waals surface area contributed by atoms with E-state index >= 15 is 0 Å². The first-order valence-electron chi connectivity index (χ1n) is 17.2. The molecule has 0 radical (unpaired) electrons. The van der Waals surface area contributed by atoms with Crippen LogP contribution in [-0.4, -0.2) is 17.7 Å². The van der Waals surface area contributed by atoms with Gasteiger partial charge in [-0.1, -0.05) is 149 Å². The molecule has 0 spiro atoms. The van der Waals surface area contributed by atoms with Crippen LogP contribution in [0.1, 0.15) is 185 Å². The molecule has 3 heteroatoms. The van der Waals surface area contributed by atoms with E-state index < -0.39 is 0 Å². The molecule has 1 aromatic carbocycles. The van der Waals surface area contributed by atoms with E-state index in [2.05, 4.69) is 40.7 Å². The lowest BCUT2D eigenvalue weighted by Crippen LogP contribution is -2.19. The van der Waals surface area contributed by atoms with Gasteiger partial charge < -0.3 is 9.84 Å². The van der Waals surface area contributed by atoms with Crippen LogP contribution >= 0.6 is 0 Å². The topological polar surface area (TPSA) is 46.5 Å². The highest BCUT2D eigenvalue weighted by Gasteiger charge is 2.26. The van der Waals surface area contributed by atoms with E-state index in [1.165, 1.54) is 103 Å². The Hall–Kier alpha value is -1.51. The lowest BCUT2D eigenvalue weighted by Gasteiger charge is -2.28. The van der Waals surface area contributed by atoms with Crippen molar-refractivity contribution in [2.75, 3.05) is 6.61 Å². The Labute approximate surface area is 249 Å². The van der Waals surface area contributed by atoms with Crippen molar-refractivity contribution in [3.63, 3.8) is 0 Å². The normalized spacial score (nSPS) is 11.8. The maximum Gasteiger partial charge on any atom is 0.306 e. The third kappa shape index (κ3) is 15.5. The van der Waals surface area contributed by atoms with Gasteiger partial charge in [0.2, 0.25) is 0 Å². The summed E-state index contributed by atoms with van der Waals surface area (Å²) < 4.78 is 5.55. The first kappa shape index (κ1) is 36.5. The minimum absolute atomic E-state index is 0.0831. The Morgan fingerprint density at radius 2 is 1.15 bits per heavy atom. The Balaban J connectivity index is 2.17. The Kier molecular flexibility index (Phi) is 20.2. The molecular weight excluding hydrogens is 492 g/mol. The second-order valence-electron chi connectivity index (χ2n) is 13.0. The van der Waals surface area contributed by atoms with Crippen molar-refractivity contribution in [2.45, 2.75) is 188 Å². The highest BCUT2D eigenvalue weighted by molar-refractivity contribution is 5.70. The number of phenolic OH excluding ortho intramolecular Hbond substituents is 1. The summed E-state index contributed by atoms with van der Waals surface area (Å²) in [5, 5.41) is 10.9. The summed E-state index contributed by atoms with van der Waals surface area (Å²) in [6.45, 7) is 13.5. The van der Waals surface area contributed by atoms with Crippen molar-refractivity contribution in [3.05, 3.63) is 28.3 Å². The van der Waals surface area contributed by atoms with E-state index in [1.807, 2.05) is 6.92 Å². The van der Waals surface area contributed by atoms with Crippen LogP contribution in [0.2, 0.25) is 0 Å². The number of rotatable bonds is 25. The second-order valence-corrected chi connectivity index (χ2v) is 13.0. The number of carbonyl (C=O) groups is 1. The number of benzene rings is 1. The van der Waals surface area contributed by atoms with Crippen molar-refractivity contribution < 1.29 is 14.6 Å². The number of phenols is 1. The van der Waals surface area contributed by atoms with Crippen LogP contribution in [-0.2, 0) is 21.4 Å². The van der Waals surface area contributed by atoms with Gasteiger partial charge in [-0.15, -0.1) is 0 Å². The molecule has 0 saturated heterocycles. The highest BCUT2D eigenvalue weighted by atomic mass is 16.5. The minimum Gasteiger partial charge on any atom is -0.507 e. The van der Waals surface area contributed by atoms with E-state index in [-0.39, 0.29) is 11.4 Å². The molecule has 40 heavy (non-hydrogen) atoms. The number of ether oxygens (including phenoxy) is 1. The van der Waals surface area contributed by atoms with Crippen molar-refractivity contribution in [2.24, 2.45) is 0 Å². The minimum atomic E-state index is -0.102. The maximum atomic E-state index is 12.4. The van der Waals surface area contributed by atoms with Gasteiger partial charge in [0.1, 0.15) is 5.75 Å². The fourth-order valence-electron chi connectivity index (χ4n) is 5.84. The number of carbonyl (C=O) groups excluding carboxylic acids is 1. The van der Waals surface area contributed by atoms with Gasteiger partial charge in [0.05, 0.1) is 6.61 Å². The molecule has 1 aromatic rings. The lowest BCUT2D eigenvalue weighted by atomic mass is 9.77. The fraction of sp³-hybridized carbons (Fsp3) is 0.811. The molecule has 1 rings (SSSR count). The molecule has 3 nitrogen and oxygen atoms in total. The number of aromatic hydroxyl groups is 1. The summed E-state index contributed by atoms with van der Waals surface area (Å²) in [6.07, 6.45) is 27.2. The zero-order valence-corrected chi connectivity index (χ0v) is 27.6. The van der Waals surface area contributed by atoms with Gasteiger partial charge in [0.25, 0.3) is 0 Å². The van der Waals surface area contributed by atoms with Crippen LogP contribution in [0.15, 0.2) is 6.07 Å². The van der Waals surface area contributed by atoms with E-state index in [1.54, 1.807) is 0 Å². The average Bonchev–Trinajstić information content (AvgIpc) is 2.93. The zero-order valence-electron chi connectivity index (χ0n) is 27.6. The molecule has 0 unspecified atom stereocenters. The van der Waals surface area contributed by atoms with E-state index in [0.717, 1.165) is 47.9 Å². The van der Waals surface area contributed by atoms with Gasteiger partial charge >= 0.3 is 5.97 Å². The summed E-state index contributed by atoms with van der Waals surface area (Å²) in [5.74, 6) is 0.323. The molecule has 0 aliphatic rings. The van der Waals surface area contributed by atoms with E-state index in [0.29, 0.717) is 25.2 Å². The SMILES string of the molecule is CCCCCCCCCCCCCCCCCCOC(=O)CCc1cc(C(C)(C)CCCCC)c(O)c(C)c1C. The number of unbranched alkanes of at least 4 members (excludes halogenated alkanes) is 17. The van der Waals surface area contributed by atoms with E-state index in [4.69, 9.17) is 4.74 Å². The van der Waals surface area contributed by atoms with Gasteiger partial charge in [-0.3, -0.25) is 4.79 Å². The third-order valence-corrected chi connectivity index (χ3v) is 8.97. The van der Waals surface area contributed by atoms with Crippen molar-refractivity contribution in [3.8, 4) is 5.75 Å². The number of aryl methyl sites for hydroxylation is 1. The van der Waals surface area contributed by atoms with Crippen LogP contribution in [0.4, 0.5) is 0 Å². The number of esters is 1. The van der Waals surface area contributed by atoms with Crippen LogP contribution in [0.5, 0.6) is 5.75 Å². The molecule has 0 heterocycles. The molecular formula is C37H66O3. The zero-order chi connectivity index (χ0) is 29.6. The molecule has 0 aliphatic heterocycles. The summed E-state index contributed by atoms with van der Waals surface area (Å²) in [6, 6.07) is 2.15. The molecule has 0 aromatic heterocycles. The Morgan fingerprint density at radius 1 is 0.700 bits per heavy atom. The highest BCUT2D eigenvalue weighted by Crippen LogP contribution is 2.39. The predicted octanol–water partition coefficient (Wildman–Crippen LogP) is 11.6. The van der Waals surface area contributed by atoms with Crippen LogP contribution in [0, 0.1) is 13.8 Å². The number of hydrogen-bond donors (Lipinski definition) is 1. The van der Waals surface area contributed by atoms with Gasteiger partial charge in [-0.05, 0) is 55.2 Å². The van der Waals surface area contributed by atoms with E-state index in [9.17, 15) is 9.90 Å². The summed E-state index contributed by atoms with van der Waals surface area (Å²) in [7, 11) is 0.